The van der Waals surface area contributed by atoms with E-state index in [1.165, 1.54) is 11.1 Å². The molecule has 0 spiro atoms. The summed E-state index contributed by atoms with van der Waals surface area (Å²) < 4.78 is 23.6. The molecular formula is C15H25NO2S. The molecule has 3 nitrogen and oxygen atoms in total. The molecule has 1 atom stereocenters. The Hall–Kier alpha value is -0.870. The molecular weight excluding hydrogens is 258 g/mol. The van der Waals surface area contributed by atoms with Crippen LogP contribution in [0.3, 0.4) is 0 Å². The fourth-order valence-electron chi connectivity index (χ4n) is 2.21. The van der Waals surface area contributed by atoms with Gasteiger partial charge < -0.3 is 5.32 Å². The number of rotatable bonds is 8. The quantitative estimate of drug-likeness (QED) is 0.797. The minimum atomic E-state index is -2.89. The lowest BCUT2D eigenvalue weighted by atomic mass is 9.95. The highest BCUT2D eigenvalue weighted by molar-refractivity contribution is 7.91. The van der Waals surface area contributed by atoms with E-state index in [4.69, 9.17) is 0 Å². The summed E-state index contributed by atoms with van der Waals surface area (Å²) in [6.45, 7) is 4.77. The number of likely N-dealkylation sites (N-methyl/N-ethyl adjacent to an activating group) is 1. The summed E-state index contributed by atoms with van der Waals surface area (Å²) in [6.07, 6.45) is 1.38. The van der Waals surface area contributed by atoms with Crippen LogP contribution in [0.4, 0.5) is 0 Å². The van der Waals surface area contributed by atoms with Gasteiger partial charge in [0.15, 0.2) is 0 Å². The van der Waals surface area contributed by atoms with Gasteiger partial charge >= 0.3 is 0 Å². The average molecular weight is 283 g/mol. The van der Waals surface area contributed by atoms with Gasteiger partial charge in [-0.15, -0.1) is 0 Å². The molecule has 0 aliphatic heterocycles. The van der Waals surface area contributed by atoms with E-state index >= 15 is 0 Å². The van der Waals surface area contributed by atoms with Crippen LogP contribution in [0.25, 0.3) is 0 Å². The smallest absolute Gasteiger partial charge is 0.150 e. The fraction of sp³-hybridized carbons (Fsp3) is 0.600. The highest BCUT2D eigenvalue weighted by atomic mass is 32.2. The molecule has 1 rings (SSSR count). The minimum Gasteiger partial charge on any atom is -0.319 e. The third-order valence-corrected chi connectivity index (χ3v) is 5.18. The topological polar surface area (TPSA) is 46.2 Å². The zero-order valence-electron chi connectivity index (χ0n) is 12.1. The highest BCUT2D eigenvalue weighted by Crippen LogP contribution is 2.20. The normalized spacial score (nSPS) is 13.4. The molecule has 0 saturated heterocycles. The van der Waals surface area contributed by atoms with E-state index in [0.29, 0.717) is 18.6 Å². The van der Waals surface area contributed by atoms with Gasteiger partial charge in [0, 0.05) is 12.3 Å². The number of hydrogen-bond donors (Lipinski definition) is 1. The molecule has 1 unspecified atom stereocenters. The maximum atomic E-state index is 11.8. The molecule has 0 aromatic heterocycles. The Morgan fingerprint density at radius 3 is 2.32 bits per heavy atom. The van der Waals surface area contributed by atoms with Crippen molar-refractivity contribution in [2.24, 2.45) is 0 Å². The fourth-order valence-corrected chi connectivity index (χ4v) is 3.68. The van der Waals surface area contributed by atoms with Gasteiger partial charge in [0.25, 0.3) is 0 Å². The van der Waals surface area contributed by atoms with Crippen LogP contribution in [-0.4, -0.2) is 33.5 Å². The second kappa shape index (κ2) is 7.65. The van der Waals surface area contributed by atoms with Crippen molar-refractivity contribution in [2.75, 3.05) is 25.1 Å². The van der Waals surface area contributed by atoms with Gasteiger partial charge in [-0.3, -0.25) is 0 Å². The van der Waals surface area contributed by atoms with Crippen molar-refractivity contribution < 1.29 is 8.42 Å². The van der Waals surface area contributed by atoms with E-state index < -0.39 is 9.84 Å². The maximum absolute atomic E-state index is 11.8. The lowest BCUT2D eigenvalue weighted by Crippen LogP contribution is -2.21. The molecule has 1 aromatic rings. The average Bonchev–Trinajstić information content (AvgIpc) is 2.35. The standard InChI is InChI=1S/C15H25NO2S/c1-4-10-19(17,18)11-9-15(12-16-3)14-7-5-13(2)6-8-14/h5-8,15-16H,4,9-12H2,1-3H3. The van der Waals surface area contributed by atoms with E-state index in [9.17, 15) is 8.42 Å². The van der Waals surface area contributed by atoms with Gasteiger partial charge in [-0.05, 0) is 38.3 Å². The van der Waals surface area contributed by atoms with Crippen molar-refractivity contribution in [3.05, 3.63) is 35.4 Å². The van der Waals surface area contributed by atoms with E-state index in [1.54, 1.807) is 0 Å². The zero-order chi connectivity index (χ0) is 14.3. The van der Waals surface area contributed by atoms with E-state index in [2.05, 4.69) is 36.5 Å². The summed E-state index contributed by atoms with van der Waals surface area (Å²) in [5, 5.41) is 3.15. The number of sulfone groups is 1. The molecule has 0 bridgehead atoms. The Morgan fingerprint density at radius 1 is 1.16 bits per heavy atom. The molecule has 0 saturated carbocycles. The molecule has 0 fully saturated rings. The van der Waals surface area contributed by atoms with E-state index in [-0.39, 0.29) is 11.7 Å². The van der Waals surface area contributed by atoms with Crippen molar-refractivity contribution in [2.45, 2.75) is 32.6 Å². The van der Waals surface area contributed by atoms with Crippen LogP contribution in [-0.2, 0) is 9.84 Å². The Kier molecular flexibility index (Phi) is 6.52. The van der Waals surface area contributed by atoms with Gasteiger partial charge in [-0.2, -0.15) is 0 Å². The molecule has 0 radical (unpaired) electrons. The minimum absolute atomic E-state index is 0.261. The lowest BCUT2D eigenvalue weighted by molar-refractivity contribution is 0.573. The predicted octanol–water partition coefficient (Wildman–Crippen LogP) is 2.51. The van der Waals surface area contributed by atoms with Gasteiger partial charge in [0.05, 0.1) is 5.75 Å². The van der Waals surface area contributed by atoms with Gasteiger partial charge in [-0.25, -0.2) is 8.42 Å². The van der Waals surface area contributed by atoms with Crippen LogP contribution >= 0.6 is 0 Å². The second-order valence-electron chi connectivity index (χ2n) is 5.11. The van der Waals surface area contributed by atoms with E-state index in [1.807, 2.05) is 14.0 Å². The van der Waals surface area contributed by atoms with Gasteiger partial charge in [0.1, 0.15) is 9.84 Å². The first-order chi connectivity index (χ1) is 8.98. The van der Waals surface area contributed by atoms with E-state index in [0.717, 1.165) is 6.54 Å². The lowest BCUT2D eigenvalue weighted by Gasteiger charge is -2.17. The van der Waals surface area contributed by atoms with Gasteiger partial charge in [0.2, 0.25) is 0 Å². The van der Waals surface area contributed by atoms with Crippen molar-refractivity contribution in [1.82, 2.24) is 5.32 Å². The monoisotopic (exact) mass is 283 g/mol. The van der Waals surface area contributed by atoms with Crippen LogP contribution < -0.4 is 5.32 Å². The first-order valence-electron chi connectivity index (χ1n) is 6.90. The Bertz CT molecular complexity index is 465. The first kappa shape index (κ1) is 16.2. The molecule has 1 N–H and O–H groups in total. The maximum Gasteiger partial charge on any atom is 0.150 e. The third kappa shape index (κ3) is 5.74. The van der Waals surface area contributed by atoms with Crippen molar-refractivity contribution in [1.29, 1.82) is 0 Å². The second-order valence-corrected chi connectivity index (χ2v) is 7.41. The van der Waals surface area contributed by atoms with Gasteiger partial charge in [-0.1, -0.05) is 36.8 Å². The Morgan fingerprint density at radius 2 is 1.79 bits per heavy atom. The number of benzene rings is 1. The van der Waals surface area contributed by atoms with Crippen molar-refractivity contribution in [3.8, 4) is 0 Å². The summed E-state index contributed by atoms with van der Waals surface area (Å²) >= 11 is 0. The Balaban J connectivity index is 2.70. The van der Waals surface area contributed by atoms with Crippen LogP contribution in [0.2, 0.25) is 0 Å². The molecule has 19 heavy (non-hydrogen) atoms. The van der Waals surface area contributed by atoms with Crippen LogP contribution in [0, 0.1) is 6.92 Å². The van der Waals surface area contributed by atoms with Crippen molar-refractivity contribution >= 4 is 9.84 Å². The number of aryl methyl sites for hydroxylation is 1. The molecule has 0 aliphatic rings. The van der Waals surface area contributed by atoms with Crippen molar-refractivity contribution in [3.63, 3.8) is 0 Å². The summed E-state index contributed by atoms with van der Waals surface area (Å²) in [7, 11) is -0.984. The number of hydrogen-bond acceptors (Lipinski definition) is 3. The number of nitrogens with one attached hydrogen (secondary N) is 1. The molecule has 108 valence electrons. The first-order valence-corrected chi connectivity index (χ1v) is 8.72. The van der Waals surface area contributed by atoms with Crippen LogP contribution in [0.15, 0.2) is 24.3 Å². The summed E-state index contributed by atoms with van der Waals surface area (Å²) in [5.41, 5.74) is 2.44. The van der Waals surface area contributed by atoms with Crippen LogP contribution in [0.1, 0.15) is 36.8 Å². The third-order valence-electron chi connectivity index (χ3n) is 3.29. The Labute approximate surface area is 117 Å². The predicted molar refractivity (Wildman–Crippen MR) is 81.4 cm³/mol. The summed E-state index contributed by atoms with van der Waals surface area (Å²) in [6, 6.07) is 8.37. The summed E-state index contributed by atoms with van der Waals surface area (Å²) in [5.74, 6) is 0.839. The SMILES string of the molecule is CCCS(=O)(=O)CCC(CNC)c1ccc(C)cc1. The molecule has 4 heteroatoms. The molecule has 0 aliphatic carbocycles. The molecule has 1 aromatic carbocycles. The van der Waals surface area contributed by atoms with Crippen LogP contribution in [0.5, 0.6) is 0 Å². The zero-order valence-corrected chi connectivity index (χ0v) is 13.0. The molecule has 0 heterocycles. The largest absolute Gasteiger partial charge is 0.319 e. The highest BCUT2D eigenvalue weighted by Gasteiger charge is 2.16. The summed E-state index contributed by atoms with van der Waals surface area (Å²) in [4.78, 5) is 0. The molecule has 0 amide bonds.